The Bertz CT molecular complexity index is 353. The molecule has 0 aliphatic carbocycles. The predicted octanol–water partition coefficient (Wildman–Crippen LogP) is 2.70. The van der Waals surface area contributed by atoms with Gasteiger partial charge in [0.1, 0.15) is 0 Å². The lowest BCUT2D eigenvalue weighted by Gasteiger charge is -2.22. The van der Waals surface area contributed by atoms with Crippen LogP contribution in [0.4, 0.5) is 0 Å². The first kappa shape index (κ1) is 14.2. The predicted molar refractivity (Wildman–Crippen MR) is 73.4 cm³/mol. The van der Waals surface area contributed by atoms with Gasteiger partial charge in [0.25, 0.3) is 0 Å². The maximum atomic E-state index is 4.66. The Morgan fingerprint density at radius 1 is 1.24 bits per heavy atom. The summed E-state index contributed by atoms with van der Waals surface area (Å²) in [6.45, 7) is 15.2. The molecule has 0 aliphatic rings. The van der Waals surface area contributed by atoms with Crippen molar-refractivity contribution >= 4 is 0 Å². The van der Waals surface area contributed by atoms with Crippen LogP contribution < -0.4 is 5.32 Å². The third kappa shape index (κ3) is 3.32. The van der Waals surface area contributed by atoms with Crippen molar-refractivity contribution in [3.05, 3.63) is 17.0 Å². The average Bonchev–Trinajstić information content (AvgIpc) is 2.53. The van der Waals surface area contributed by atoms with Crippen LogP contribution in [0.1, 0.15) is 44.6 Å². The van der Waals surface area contributed by atoms with Gasteiger partial charge in [0.05, 0.1) is 12.2 Å². The van der Waals surface area contributed by atoms with E-state index in [9.17, 15) is 0 Å². The van der Waals surface area contributed by atoms with E-state index in [1.807, 2.05) is 0 Å². The quantitative estimate of drug-likeness (QED) is 0.824. The Labute approximate surface area is 106 Å². The molecule has 98 valence electrons. The Morgan fingerprint density at radius 2 is 1.88 bits per heavy atom. The van der Waals surface area contributed by atoms with E-state index in [1.54, 1.807) is 0 Å². The summed E-state index contributed by atoms with van der Waals surface area (Å²) in [5.41, 5.74) is 3.92. The minimum absolute atomic E-state index is 0.503. The lowest BCUT2D eigenvalue weighted by atomic mass is 10.0. The van der Waals surface area contributed by atoms with E-state index in [0.29, 0.717) is 12.0 Å². The molecule has 1 heterocycles. The zero-order chi connectivity index (χ0) is 13.0. The summed E-state index contributed by atoms with van der Waals surface area (Å²) in [5, 5.41) is 8.21. The second-order valence-corrected chi connectivity index (χ2v) is 5.09. The van der Waals surface area contributed by atoms with Gasteiger partial charge in [0, 0.05) is 11.7 Å². The Kier molecular flexibility index (Phi) is 5.19. The van der Waals surface area contributed by atoms with Crippen molar-refractivity contribution in [2.45, 2.75) is 60.5 Å². The van der Waals surface area contributed by atoms with E-state index < -0.39 is 0 Å². The topological polar surface area (TPSA) is 29.9 Å². The van der Waals surface area contributed by atoms with Gasteiger partial charge in [-0.1, -0.05) is 27.7 Å². The van der Waals surface area contributed by atoms with Crippen LogP contribution in [0.2, 0.25) is 0 Å². The molecule has 3 heteroatoms. The van der Waals surface area contributed by atoms with Crippen LogP contribution in [0, 0.1) is 19.8 Å². The summed E-state index contributed by atoms with van der Waals surface area (Å²) >= 11 is 0. The van der Waals surface area contributed by atoms with Crippen molar-refractivity contribution in [2.24, 2.45) is 5.92 Å². The van der Waals surface area contributed by atoms with Crippen LogP contribution in [0.15, 0.2) is 0 Å². The largest absolute Gasteiger partial charge is 0.312 e. The molecule has 0 aliphatic heterocycles. The van der Waals surface area contributed by atoms with E-state index in [2.05, 4.69) is 56.6 Å². The number of likely N-dealkylation sites (N-methyl/N-ethyl adjacent to an activating group) is 1. The number of nitrogens with zero attached hydrogens (tertiary/aromatic N) is 2. The first-order valence-corrected chi connectivity index (χ1v) is 6.77. The highest BCUT2D eigenvalue weighted by Gasteiger charge is 2.16. The highest BCUT2D eigenvalue weighted by atomic mass is 15.3. The van der Waals surface area contributed by atoms with Crippen LogP contribution in [-0.4, -0.2) is 22.4 Å². The lowest BCUT2D eigenvalue weighted by Crippen LogP contribution is -2.38. The molecule has 0 amide bonds. The van der Waals surface area contributed by atoms with Crippen molar-refractivity contribution < 1.29 is 0 Å². The molecule has 1 unspecified atom stereocenters. The molecular formula is C14H27N3. The first-order chi connectivity index (χ1) is 8.01. The van der Waals surface area contributed by atoms with E-state index in [-0.39, 0.29) is 0 Å². The zero-order valence-corrected chi connectivity index (χ0v) is 12.2. The fourth-order valence-corrected chi connectivity index (χ4v) is 2.38. The maximum Gasteiger partial charge on any atom is 0.0628 e. The summed E-state index contributed by atoms with van der Waals surface area (Å²) in [6, 6.07) is 0.503. The van der Waals surface area contributed by atoms with Crippen LogP contribution in [-0.2, 0) is 13.0 Å². The lowest BCUT2D eigenvalue weighted by molar-refractivity contribution is 0.345. The number of hydrogen-bond donors (Lipinski definition) is 1. The number of nitrogens with one attached hydrogen (secondary N) is 1. The highest BCUT2D eigenvalue weighted by molar-refractivity contribution is 5.24. The summed E-state index contributed by atoms with van der Waals surface area (Å²) in [4.78, 5) is 0. The van der Waals surface area contributed by atoms with Gasteiger partial charge in [-0.25, -0.2) is 0 Å². The van der Waals surface area contributed by atoms with Gasteiger partial charge in [0.2, 0.25) is 0 Å². The molecule has 17 heavy (non-hydrogen) atoms. The average molecular weight is 237 g/mol. The molecule has 1 rings (SSSR count). The van der Waals surface area contributed by atoms with Crippen molar-refractivity contribution in [1.82, 2.24) is 15.1 Å². The second-order valence-electron chi connectivity index (χ2n) is 5.09. The van der Waals surface area contributed by atoms with Gasteiger partial charge in [0.15, 0.2) is 0 Å². The summed E-state index contributed by atoms with van der Waals surface area (Å²) in [5.74, 6) is 0.629. The standard InChI is InChI=1S/C14H27N3/c1-7-13-11(5)16-17(12(13)6)9-14(10(3)4)15-8-2/h10,14-15H,7-9H2,1-6H3. The molecule has 3 nitrogen and oxygen atoms in total. The van der Waals surface area contributed by atoms with Crippen molar-refractivity contribution in [3.63, 3.8) is 0 Å². The van der Waals surface area contributed by atoms with Crippen LogP contribution in [0.3, 0.4) is 0 Å². The van der Waals surface area contributed by atoms with Crippen molar-refractivity contribution in [3.8, 4) is 0 Å². The molecule has 0 saturated heterocycles. The number of aryl methyl sites for hydroxylation is 1. The molecule has 1 atom stereocenters. The number of hydrogen-bond acceptors (Lipinski definition) is 2. The molecule has 0 aromatic carbocycles. The van der Waals surface area contributed by atoms with Gasteiger partial charge in [-0.2, -0.15) is 5.10 Å². The molecule has 0 spiro atoms. The molecule has 1 aromatic heterocycles. The second kappa shape index (κ2) is 6.20. The third-order valence-corrected chi connectivity index (χ3v) is 3.53. The normalized spacial score (nSPS) is 13.4. The summed E-state index contributed by atoms with van der Waals surface area (Å²) < 4.78 is 2.17. The van der Waals surface area contributed by atoms with Crippen molar-refractivity contribution in [2.75, 3.05) is 6.54 Å². The molecular weight excluding hydrogens is 210 g/mol. The fraction of sp³-hybridized carbons (Fsp3) is 0.786. The number of aromatic nitrogens is 2. The maximum absolute atomic E-state index is 4.66. The van der Waals surface area contributed by atoms with E-state index in [1.165, 1.54) is 17.0 Å². The molecule has 1 N–H and O–H groups in total. The third-order valence-electron chi connectivity index (χ3n) is 3.53. The van der Waals surface area contributed by atoms with E-state index >= 15 is 0 Å². The van der Waals surface area contributed by atoms with Gasteiger partial charge < -0.3 is 5.32 Å². The van der Waals surface area contributed by atoms with Gasteiger partial charge >= 0.3 is 0 Å². The first-order valence-electron chi connectivity index (χ1n) is 6.77. The minimum Gasteiger partial charge on any atom is -0.312 e. The molecule has 0 saturated carbocycles. The van der Waals surface area contributed by atoms with E-state index in [0.717, 1.165) is 19.5 Å². The van der Waals surface area contributed by atoms with Gasteiger partial charge in [-0.15, -0.1) is 0 Å². The fourth-order valence-electron chi connectivity index (χ4n) is 2.38. The summed E-state index contributed by atoms with van der Waals surface area (Å²) in [7, 11) is 0. The Morgan fingerprint density at radius 3 is 2.29 bits per heavy atom. The monoisotopic (exact) mass is 237 g/mol. The number of rotatable bonds is 6. The van der Waals surface area contributed by atoms with Gasteiger partial charge in [-0.05, 0) is 38.3 Å². The highest BCUT2D eigenvalue weighted by Crippen LogP contribution is 2.15. The SMILES string of the molecule is CCNC(Cn1nc(C)c(CC)c1C)C(C)C. The van der Waals surface area contributed by atoms with Crippen molar-refractivity contribution in [1.29, 1.82) is 0 Å². The van der Waals surface area contributed by atoms with Crippen LogP contribution in [0.5, 0.6) is 0 Å². The minimum atomic E-state index is 0.503. The molecule has 0 fully saturated rings. The van der Waals surface area contributed by atoms with Crippen LogP contribution >= 0.6 is 0 Å². The summed E-state index contributed by atoms with van der Waals surface area (Å²) in [6.07, 6.45) is 1.07. The zero-order valence-electron chi connectivity index (χ0n) is 12.2. The van der Waals surface area contributed by atoms with E-state index in [4.69, 9.17) is 0 Å². The van der Waals surface area contributed by atoms with Gasteiger partial charge in [-0.3, -0.25) is 4.68 Å². The Balaban J connectivity index is 2.86. The van der Waals surface area contributed by atoms with Crippen LogP contribution in [0.25, 0.3) is 0 Å². The molecule has 0 bridgehead atoms. The molecule has 0 radical (unpaired) electrons. The Hall–Kier alpha value is -0.830. The molecule has 1 aromatic rings. The smallest absolute Gasteiger partial charge is 0.0628 e.